The van der Waals surface area contributed by atoms with Crippen LogP contribution in [0.2, 0.25) is 0 Å². The number of aliphatic carboxylic acids is 1. The van der Waals surface area contributed by atoms with Crippen LogP contribution in [-0.2, 0) is 9.53 Å². The molecular weight excluding hydrogens is 242 g/mol. The van der Waals surface area contributed by atoms with Crippen LogP contribution in [0, 0.1) is 11.8 Å². The van der Waals surface area contributed by atoms with E-state index in [9.17, 15) is 4.79 Å². The minimum absolute atomic E-state index is 0.178. The van der Waals surface area contributed by atoms with Crippen molar-refractivity contribution in [1.29, 1.82) is 0 Å². The van der Waals surface area contributed by atoms with Gasteiger partial charge in [0.2, 0.25) is 0 Å². The zero-order valence-electron chi connectivity index (χ0n) is 12.0. The van der Waals surface area contributed by atoms with E-state index in [0.29, 0.717) is 18.6 Å². The molecule has 2 aliphatic rings. The first-order valence-electron chi connectivity index (χ1n) is 7.73. The second-order valence-corrected chi connectivity index (χ2v) is 6.15. The van der Waals surface area contributed by atoms with Crippen LogP contribution in [0.4, 0.5) is 0 Å². The molecule has 1 saturated carbocycles. The third kappa shape index (κ3) is 4.46. The molecule has 19 heavy (non-hydrogen) atoms. The Morgan fingerprint density at radius 2 is 2.05 bits per heavy atom. The van der Waals surface area contributed by atoms with Crippen molar-refractivity contribution in [3.05, 3.63) is 0 Å². The highest BCUT2D eigenvalue weighted by atomic mass is 16.5. The smallest absolute Gasteiger partial charge is 0.307 e. The molecule has 1 aliphatic carbocycles. The minimum atomic E-state index is -0.647. The first kappa shape index (κ1) is 14.8. The number of rotatable bonds is 5. The molecule has 1 aliphatic heterocycles. The van der Waals surface area contributed by atoms with Crippen molar-refractivity contribution in [2.24, 2.45) is 11.8 Å². The Kier molecular flexibility index (Phi) is 5.64. The van der Waals surface area contributed by atoms with E-state index in [-0.39, 0.29) is 5.92 Å². The Bertz CT molecular complexity index is 295. The molecule has 1 saturated heterocycles. The number of hydrogen-bond acceptors (Lipinski definition) is 3. The fourth-order valence-corrected chi connectivity index (χ4v) is 3.32. The summed E-state index contributed by atoms with van der Waals surface area (Å²) in [4.78, 5) is 13.3. The summed E-state index contributed by atoms with van der Waals surface area (Å²) in [7, 11) is 0. The van der Waals surface area contributed by atoms with Gasteiger partial charge in [0, 0.05) is 13.1 Å². The fourth-order valence-electron chi connectivity index (χ4n) is 3.32. The average molecular weight is 269 g/mol. The number of ether oxygens (including phenoxy) is 1. The van der Waals surface area contributed by atoms with E-state index >= 15 is 0 Å². The lowest BCUT2D eigenvalue weighted by Crippen LogP contribution is -2.41. The van der Waals surface area contributed by atoms with Gasteiger partial charge in [0.1, 0.15) is 0 Å². The summed E-state index contributed by atoms with van der Waals surface area (Å²) in [6.07, 6.45) is 7.36. The van der Waals surface area contributed by atoms with Crippen LogP contribution in [0.1, 0.15) is 45.4 Å². The number of nitrogens with zero attached hydrogens (tertiary/aromatic N) is 1. The Morgan fingerprint density at radius 1 is 1.26 bits per heavy atom. The molecule has 2 fully saturated rings. The molecule has 2 rings (SSSR count). The van der Waals surface area contributed by atoms with Gasteiger partial charge in [-0.15, -0.1) is 0 Å². The van der Waals surface area contributed by atoms with Crippen molar-refractivity contribution < 1.29 is 14.6 Å². The summed E-state index contributed by atoms with van der Waals surface area (Å²) in [5, 5.41) is 9.06. The molecule has 110 valence electrons. The predicted molar refractivity (Wildman–Crippen MR) is 74.2 cm³/mol. The highest BCUT2D eigenvalue weighted by Gasteiger charge is 2.26. The number of carbonyl (C=O) groups is 1. The van der Waals surface area contributed by atoms with Crippen LogP contribution >= 0.6 is 0 Å². The van der Waals surface area contributed by atoms with Crippen molar-refractivity contribution in [2.75, 3.05) is 26.2 Å². The van der Waals surface area contributed by atoms with E-state index < -0.39 is 5.97 Å². The summed E-state index contributed by atoms with van der Waals surface area (Å²) in [5.74, 6) is -0.143. The van der Waals surface area contributed by atoms with E-state index in [1.165, 1.54) is 25.7 Å². The first-order chi connectivity index (χ1) is 9.16. The topological polar surface area (TPSA) is 49.8 Å². The molecule has 3 atom stereocenters. The lowest BCUT2D eigenvalue weighted by atomic mass is 9.88. The number of carboxylic acids is 1. The molecule has 0 spiro atoms. The van der Waals surface area contributed by atoms with Gasteiger partial charge in [0.05, 0.1) is 18.6 Å². The quantitative estimate of drug-likeness (QED) is 0.832. The van der Waals surface area contributed by atoms with Crippen molar-refractivity contribution in [2.45, 2.75) is 51.6 Å². The molecule has 3 unspecified atom stereocenters. The van der Waals surface area contributed by atoms with Crippen LogP contribution in [0.25, 0.3) is 0 Å². The standard InChI is InChI=1S/C15H27NO3/c1-12-5-2-3-7-14(12)19-10-9-16-8-4-6-13(11-16)15(17)18/h12-14H,2-11H2,1H3,(H,17,18). The normalized spacial score (nSPS) is 33.2. The van der Waals surface area contributed by atoms with E-state index in [0.717, 1.165) is 32.5 Å². The van der Waals surface area contributed by atoms with Gasteiger partial charge in [0.25, 0.3) is 0 Å². The van der Waals surface area contributed by atoms with E-state index in [1.807, 2.05) is 0 Å². The summed E-state index contributed by atoms with van der Waals surface area (Å²) < 4.78 is 6.00. The van der Waals surface area contributed by atoms with Crippen LogP contribution in [0.3, 0.4) is 0 Å². The van der Waals surface area contributed by atoms with Crippen molar-refractivity contribution >= 4 is 5.97 Å². The van der Waals surface area contributed by atoms with Crippen LogP contribution in [0.5, 0.6) is 0 Å². The maximum absolute atomic E-state index is 11.0. The molecule has 1 N–H and O–H groups in total. The minimum Gasteiger partial charge on any atom is -0.481 e. The molecule has 0 radical (unpaired) electrons. The van der Waals surface area contributed by atoms with Gasteiger partial charge in [-0.05, 0) is 38.1 Å². The Labute approximate surface area is 116 Å². The fraction of sp³-hybridized carbons (Fsp3) is 0.933. The molecule has 0 aromatic heterocycles. The van der Waals surface area contributed by atoms with Gasteiger partial charge in [-0.1, -0.05) is 19.8 Å². The highest BCUT2D eigenvalue weighted by Crippen LogP contribution is 2.26. The summed E-state index contributed by atoms with van der Waals surface area (Å²) in [6.45, 7) is 5.63. The van der Waals surface area contributed by atoms with Gasteiger partial charge < -0.3 is 14.7 Å². The number of hydrogen-bond donors (Lipinski definition) is 1. The maximum Gasteiger partial charge on any atom is 0.307 e. The van der Waals surface area contributed by atoms with E-state index in [1.54, 1.807) is 0 Å². The average Bonchev–Trinajstić information content (AvgIpc) is 2.41. The number of carboxylic acid groups (broad SMARTS) is 1. The summed E-state index contributed by atoms with van der Waals surface area (Å²) >= 11 is 0. The molecule has 1 heterocycles. The van der Waals surface area contributed by atoms with Crippen molar-refractivity contribution in [3.8, 4) is 0 Å². The molecule has 4 nitrogen and oxygen atoms in total. The van der Waals surface area contributed by atoms with Crippen LogP contribution in [0.15, 0.2) is 0 Å². The molecule has 0 amide bonds. The number of likely N-dealkylation sites (tertiary alicyclic amines) is 1. The third-order valence-corrected chi connectivity index (χ3v) is 4.63. The zero-order chi connectivity index (χ0) is 13.7. The zero-order valence-corrected chi connectivity index (χ0v) is 12.0. The van der Waals surface area contributed by atoms with Crippen LogP contribution in [-0.4, -0.2) is 48.3 Å². The summed E-state index contributed by atoms with van der Waals surface area (Å²) in [6, 6.07) is 0. The second-order valence-electron chi connectivity index (χ2n) is 6.15. The predicted octanol–water partition coefficient (Wildman–Crippen LogP) is 2.38. The molecule has 0 bridgehead atoms. The largest absolute Gasteiger partial charge is 0.481 e. The van der Waals surface area contributed by atoms with E-state index in [2.05, 4.69) is 11.8 Å². The lowest BCUT2D eigenvalue weighted by Gasteiger charge is -2.32. The van der Waals surface area contributed by atoms with E-state index in [4.69, 9.17) is 9.84 Å². The monoisotopic (exact) mass is 269 g/mol. The van der Waals surface area contributed by atoms with Gasteiger partial charge >= 0.3 is 5.97 Å². The Balaban J connectivity index is 1.66. The lowest BCUT2D eigenvalue weighted by molar-refractivity contribution is -0.143. The first-order valence-corrected chi connectivity index (χ1v) is 7.73. The maximum atomic E-state index is 11.0. The molecular formula is C15H27NO3. The van der Waals surface area contributed by atoms with Crippen molar-refractivity contribution in [1.82, 2.24) is 4.90 Å². The highest BCUT2D eigenvalue weighted by molar-refractivity contribution is 5.70. The van der Waals surface area contributed by atoms with Gasteiger partial charge in [-0.2, -0.15) is 0 Å². The molecule has 0 aromatic rings. The van der Waals surface area contributed by atoms with Gasteiger partial charge in [-0.3, -0.25) is 4.79 Å². The Hall–Kier alpha value is -0.610. The third-order valence-electron chi connectivity index (χ3n) is 4.63. The van der Waals surface area contributed by atoms with Gasteiger partial charge in [-0.25, -0.2) is 0 Å². The van der Waals surface area contributed by atoms with Gasteiger partial charge in [0.15, 0.2) is 0 Å². The summed E-state index contributed by atoms with van der Waals surface area (Å²) in [5.41, 5.74) is 0. The molecule has 4 heteroatoms. The van der Waals surface area contributed by atoms with Crippen LogP contribution < -0.4 is 0 Å². The molecule has 0 aromatic carbocycles. The number of piperidine rings is 1. The SMILES string of the molecule is CC1CCCCC1OCCN1CCCC(C(=O)O)C1. The van der Waals surface area contributed by atoms with Crippen molar-refractivity contribution in [3.63, 3.8) is 0 Å². The Morgan fingerprint density at radius 3 is 2.79 bits per heavy atom. The second kappa shape index (κ2) is 7.25.